The summed E-state index contributed by atoms with van der Waals surface area (Å²) in [5.41, 5.74) is 0.646. The quantitative estimate of drug-likeness (QED) is 0.652. The van der Waals surface area contributed by atoms with E-state index in [1.54, 1.807) is 24.5 Å². The lowest BCUT2D eigenvalue weighted by molar-refractivity contribution is -0.131. The van der Waals surface area contributed by atoms with Crippen LogP contribution in [0.25, 0.3) is 0 Å². The maximum atomic E-state index is 12.5. The largest absolute Gasteiger partial charge is 0.353 e. The second kappa shape index (κ2) is 12.2. The van der Waals surface area contributed by atoms with Gasteiger partial charge in [-0.1, -0.05) is 13.8 Å². The number of carbonyl (C=O) groups is 3. The Morgan fingerprint density at radius 2 is 1.69 bits per heavy atom. The molecule has 1 aliphatic rings. The van der Waals surface area contributed by atoms with E-state index in [9.17, 15) is 14.4 Å². The van der Waals surface area contributed by atoms with Crippen molar-refractivity contribution in [3.8, 4) is 0 Å². The molecule has 3 amide bonds. The van der Waals surface area contributed by atoms with Crippen molar-refractivity contribution >= 4 is 17.7 Å². The van der Waals surface area contributed by atoms with Gasteiger partial charge in [-0.05, 0) is 44.2 Å². The van der Waals surface area contributed by atoms with Gasteiger partial charge in [0.2, 0.25) is 11.8 Å². The number of piperidine rings is 1. The fourth-order valence-electron chi connectivity index (χ4n) is 3.66. The third-order valence-electron chi connectivity index (χ3n) is 5.21. The zero-order valence-electron chi connectivity index (χ0n) is 17.7. The Morgan fingerprint density at radius 1 is 1.07 bits per heavy atom. The molecule has 1 N–H and O–H groups in total. The molecule has 7 heteroatoms. The highest BCUT2D eigenvalue weighted by Gasteiger charge is 2.24. The van der Waals surface area contributed by atoms with E-state index >= 15 is 0 Å². The van der Waals surface area contributed by atoms with Gasteiger partial charge < -0.3 is 15.1 Å². The molecular formula is C22H34N4O3. The first-order valence-corrected chi connectivity index (χ1v) is 10.8. The number of hydrogen-bond acceptors (Lipinski definition) is 4. The molecule has 0 radical (unpaired) electrons. The zero-order chi connectivity index (χ0) is 21.1. The summed E-state index contributed by atoms with van der Waals surface area (Å²) < 4.78 is 0. The van der Waals surface area contributed by atoms with Gasteiger partial charge in [0.25, 0.3) is 5.91 Å². The fourth-order valence-corrected chi connectivity index (χ4v) is 3.66. The standard InChI is InChI=1S/C22H34N4O3/c1-3-14-25(15-4-2)21(28)7-5-6-20(27)24-19-10-16-26(17-11-19)22(29)18-8-12-23-13-9-18/h8-9,12-13,19H,3-7,10-11,14-17H2,1-2H3,(H,24,27). The lowest BCUT2D eigenvalue weighted by Crippen LogP contribution is -2.46. The second-order valence-electron chi connectivity index (χ2n) is 7.60. The Kier molecular flexibility index (Phi) is 9.60. The molecule has 160 valence electrons. The number of pyridine rings is 1. The summed E-state index contributed by atoms with van der Waals surface area (Å²) >= 11 is 0. The molecule has 1 aromatic heterocycles. The summed E-state index contributed by atoms with van der Waals surface area (Å²) in [7, 11) is 0. The highest BCUT2D eigenvalue weighted by molar-refractivity contribution is 5.94. The van der Waals surface area contributed by atoms with Crippen LogP contribution in [0.4, 0.5) is 0 Å². The molecule has 0 aliphatic carbocycles. The Balaban J connectivity index is 1.66. The van der Waals surface area contributed by atoms with Gasteiger partial charge >= 0.3 is 0 Å². The number of rotatable bonds is 10. The van der Waals surface area contributed by atoms with Crippen molar-refractivity contribution in [2.75, 3.05) is 26.2 Å². The fraction of sp³-hybridized carbons (Fsp3) is 0.636. The first-order valence-electron chi connectivity index (χ1n) is 10.8. The van der Waals surface area contributed by atoms with Crippen molar-refractivity contribution in [3.05, 3.63) is 30.1 Å². The third-order valence-corrected chi connectivity index (χ3v) is 5.21. The molecule has 1 fully saturated rings. The predicted molar refractivity (Wildman–Crippen MR) is 112 cm³/mol. The van der Waals surface area contributed by atoms with Crippen LogP contribution in [0.15, 0.2) is 24.5 Å². The molecule has 1 aromatic rings. The zero-order valence-corrected chi connectivity index (χ0v) is 17.7. The molecule has 1 aliphatic heterocycles. The van der Waals surface area contributed by atoms with E-state index in [-0.39, 0.29) is 23.8 Å². The van der Waals surface area contributed by atoms with Gasteiger partial charge in [-0.15, -0.1) is 0 Å². The molecule has 1 saturated heterocycles. The number of carbonyl (C=O) groups excluding carboxylic acids is 3. The van der Waals surface area contributed by atoms with E-state index < -0.39 is 0 Å². The van der Waals surface area contributed by atoms with E-state index in [1.165, 1.54) is 0 Å². The monoisotopic (exact) mass is 402 g/mol. The van der Waals surface area contributed by atoms with Crippen molar-refractivity contribution in [3.63, 3.8) is 0 Å². The van der Waals surface area contributed by atoms with Crippen LogP contribution >= 0.6 is 0 Å². The minimum Gasteiger partial charge on any atom is -0.353 e. The average Bonchev–Trinajstić information content (AvgIpc) is 2.74. The molecule has 0 atom stereocenters. The highest BCUT2D eigenvalue weighted by Crippen LogP contribution is 2.14. The van der Waals surface area contributed by atoms with Crippen molar-refractivity contribution in [1.29, 1.82) is 0 Å². The minimum atomic E-state index is -0.00533. The van der Waals surface area contributed by atoms with Crippen molar-refractivity contribution in [1.82, 2.24) is 20.1 Å². The number of likely N-dealkylation sites (tertiary alicyclic amines) is 1. The van der Waals surface area contributed by atoms with Gasteiger partial charge in [-0.3, -0.25) is 19.4 Å². The van der Waals surface area contributed by atoms with Gasteiger partial charge in [0.15, 0.2) is 0 Å². The second-order valence-corrected chi connectivity index (χ2v) is 7.60. The van der Waals surface area contributed by atoms with Crippen molar-refractivity contribution in [2.24, 2.45) is 0 Å². The van der Waals surface area contributed by atoms with E-state index in [0.29, 0.717) is 37.9 Å². The highest BCUT2D eigenvalue weighted by atomic mass is 16.2. The van der Waals surface area contributed by atoms with Crippen LogP contribution in [-0.4, -0.2) is 64.7 Å². The summed E-state index contributed by atoms with van der Waals surface area (Å²) in [4.78, 5) is 44.6. The molecule has 7 nitrogen and oxygen atoms in total. The molecule has 0 saturated carbocycles. The molecule has 2 heterocycles. The third kappa shape index (κ3) is 7.48. The molecule has 0 bridgehead atoms. The summed E-state index contributed by atoms with van der Waals surface area (Å²) in [6, 6.07) is 3.54. The lowest BCUT2D eigenvalue weighted by Gasteiger charge is -2.32. The number of nitrogens with zero attached hydrogens (tertiary/aromatic N) is 3. The first kappa shape index (κ1) is 22.8. The molecule has 2 rings (SSSR count). The van der Waals surface area contributed by atoms with E-state index in [0.717, 1.165) is 38.8 Å². The number of amides is 3. The first-order chi connectivity index (χ1) is 14.0. The van der Waals surface area contributed by atoms with Gasteiger partial charge in [0.1, 0.15) is 0 Å². The van der Waals surface area contributed by atoms with Gasteiger partial charge in [-0.2, -0.15) is 0 Å². The number of nitrogens with one attached hydrogen (secondary N) is 1. The predicted octanol–water partition coefficient (Wildman–Crippen LogP) is 2.62. The Bertz CT molecular complexity index is 651. The molecule has 29 heavy (non-hydrogen) atoms. The molecule has 0 aromatic carbocycles. The summed E-state index contributed by atoms with van der Waals surface area (Å²) in [6.07, 6.45) is 8.02. The van der Waals surface area contributed by atoms with Crippen LogP contribution < -0.4 is 5.32 Å². The van der Waals surface area contributed by atoms with Gasteiger partial charge in [0, 0.05) is 63.0 Å². The van der Waals surface area contributed by atoms with Crippen LogP contribution in [0.3, 0.4) is 0 Å². The normalized spacial score (nSPS) is 14.5. The Labute approximate surface area is 173 Å². The van der Waals surface area contributed by atoms with Crippen LogP contribution in [0, 0.1) is 0 Å². The SMILES string of the molecule is CCCN(CCC)C(=O)CCCC(=O)NC1CCN(C(=O)c2ccncc2)CC1. The lowest BCUT2D eigenvalue weighted by atomic mass is 10.0. The average molecular weight is 403 g/mol. The minimum absolute atomic E-state index is 0.00533. The number of aromatic nitrogens is 1. The Morgan fingerprint density at radius 3 is 2.28 bits per heavy atom. The van der Waals surface area contributed by atoms with Crippen LogP contribution in [0.1, 0.15) is 69.2 Å². The maximum Gasteiger partial charge on any atom is 0.253 e. The van der Waals surface area contributed by atoms with Crippen molar-refractivity contribution < 1.29 is 14.4 Å². The van der Waals surface area contributed by atoms with Crippen LogP contribution in [0.2, 0.25) is 0 Å². The van der Waals surface area contributed by atoms with Crippen LogP contribution in [-0.2, 0) is 9.59 Å². The maximum absolute atomic E-state index is 12.5. The van der Waals surface area contributed by atoms with E-state index in [4.69, 9.17) is 0 Å². The van der Waals surface area contributed by atoms with Crippen molar-refractivity contribution in [2.45, 2.75) is 64.8 Å². The summed E-state index contributed by atoms with van der Waals surface area (Å²) in [5, 5.41) is 3.06. The Hall–Kier alpha value is -2.44. The van der Waals surface area contributed by atoms with Gasteiger partial charge in [0.05, 0.1) is 0 Å². The molecule has 0 unspecified atom stereocenters. The smallest absolute Gasteiger partial charge is 0.253 e. The molecular weight excluding hydrogens is 368 g/mol. The summed E-state index contributed by atoms with van der Waals surface area (Å²) in [6.45, 7) is 6.98. The van der Waals surface area contributed by atoms with E-state index in [2.05, 4.69) is 24.1 Å². The molecule has 0 spiro atoms. The van der Waals surface area contributed by atoms with Crippen LogP contribution in [0.5, 0.6) is 0 Å². The summed E-state index contributed by atoms with van der Waals surface area (Å²) in [5.74, 6) is 0.151. The van der Waals surface area contributed by atoms with Gasteiger partial charge in [-0.25, -0.2) is 0 Å². The number of hydrogen-bond donors (Lipinski definition) is 1. The topological polar surface area (TPSA) is 82.6 Å². The van der Waals surface area contributed by atoms with E-state index in [1.807, 2.05) is 9.80 Å².